The number of anilines is 1. The molecule has 0 radical (unpaired) electrons. The fourth-order valence-corrected chi connectivity index (χ4v) is 4.99. The van der Waals surface area contributed by atoms with Crippen LogP contribution in [-0.2, 0) is 4.79 Å². The zero-order valence-electron chi connectivity index (χ0n) is 17.7. The van der Waals surface area contributed by atoms with Crippen LogP contribution in [0.3, 0.4) is 0 Å². The quantitative estimate of drug-likeness (QED) is 0.582. The maximum Gasteiger partial charge on any atom is 0.261 e. The minimum absolute atomic E-state index is 0.00506. The highest BCUT2D eigenvalue weighted by atomic mass is 32.1. The molecule has 0 bridgehead atoms. The van der Waals surface area contributed by atoms with Crippen molar-refractivity contribution in [2.75, 3.05) is 25.0 Å². The molecular weight excluding hydrogens is 428 g/mol. The molecule has 0 atom stereocenters. The van der Waals surface area contributed by atoms with Gasteiger partial charge in [0, 0.05) is 30.1 Å². The Morgan fingerprint density at radius 3 is 2.65 bits per heavy atom. The van der Waals surface area contributed by atoms with Crippen LogP contribution >= 0.6 is 22.7 Å². The monoisotopic (exact) mass is 454 g/mol. The van der Waals surface area contributed by atoms with E-state index in [0.29, 0.717) is 11.7 Å². The molecule has 8 heteroatoms. The van der Waals surface area contributed by atoms with Gasteiger partial charge >= 0.3 is 0 Å². The number of piperidine rings is 1. The lowest BCUT2D eigenvalue weighted by atomic mass is 10.0. The van der Waals surface area contributed by atoms with Crippen molar-refractivity contribution in [2.24, 2.45) is 0 Å². The Kier molecular flexibility index (Phi) is 6.80. The van der Waals surface area contributed by atoms with E-state index in [2.05, 4.69) is 52.6 Å². The lowest BCUT2D eigenvalue weighted by Gasteiger charge is -2.31. The van der Waals surface area contributed by atoms with Crippen molar-refractivity contribution in [1.82, 2.24) is 15.2 Å². The van der Waals surface area contributed by atoms with Gasteiger partial charge in [-0.3, -0.25) is 14.5 Å². The highest BCUT2D eigenvalue weighted by Gasteiger charge is 2.23. The van der Waals surface area contributed by atoms with Crippen LogP contribution in [0.4, 0.5) is 5.13 Å². The third kappa shape index (κ3) is 5.58. The Hall–Kier alpha value is -2.55. The van der Waals surface area contributed by atoms with E-state index in [1.807, 2.05) is 22.9 Å². The number of nitrogens with zero attached hydrogens (tertiary/aromatic N) is 2. The molecule has 162 valence electrons. The Bertz CT molecular complexity index is 1050. The summed E-state index contributed by atoms with van der Waals surface area (Å²) >= 11 is 2.89. The number of rotatable bonds is 6. The second kappa shape index (κ2) is 9.72. The molecule has 6 nitrogen and oxygen atoms in total. The summed E-state index contributed by atoms with van der Waals surface area (Å²) in [5, 5.41) is 10.5. The summed E-state index contributed by atoms with van der Waals surface area (Å²) in [5.74, 6) is -0.0587. The number of hydrogen-bond acceptors (Lipinski definition) is 6. The molecule has 3 aromatic rings. The molecular formula is C23H26N4O2S2. The summed E-state index contributed by atoms with van der Waals surface area (Å²) in [6, 6.07) is 10.2. The molecule has 0 aliphatic carbocycles. The molecule has 3 heterocycles. The SMILES string of the molecule is Cc1ccc(-c2csc(NC(=O)CN3CCC(NC(=O)c4cccs4)CC3)n2)cc1C. The molecule has 1 aromatic carbocycles. The van der Waals surface area contributed by atoms with Gasteiger partial charge in [0.05, 0.1) is 17.1 Å². The summed E-state index contributed by atoms with van der Waals surface area (Å²) < 4.78 is 0. The van der Waals surface area contributed by atoms with Gasteiger partial charge in [0.25, 0.3) is 5.91 Å². The average molecular weight is 455 g/mol. The minimum atomic E-state index is -0.0537. The molecule has 0 saturated carbocycles. The maximum absolute atomic E-state index is 12.5. The third-order valence-electron chi connectivity index (χ3n) is 5.59. The topological polar surface area (TPSA) is 74.3 Å². The first-order chi connectivity index (χ1) is 15.0. The summed E-state index contributed by atoms with van der Waals surface area (Å²) in [6.07, 6.45) is 1.69. The van der Waals surface area contributed by atoms with Gasteiger partial charge in [-0.25, -0.2) is 4.98 Å². The second-order valence-electron chi connectivity index (χ2n) is 7.89. The minimum Gasteiger partial charge on any atom is -0.349 e. The van der Waals surface area contributed by atoms with Crippen LogP contribution in [0.2, 0.25) is 0 Å². The molecule has 31 heavy (non-hydrogen) atoms. The van der Waals surface area contributed by atoms with E-state index in [4.69, 9.17) is 0 Å². The lowest BCUT2D eigenvalue weighted by molar-refractivity contribution is -0.117. The number of carbonyl (C=O) groups excluding carboxylic acids is 2. The van der Waals surface area contributed by atoms with Crippen LogP contribution in [0.5, 0.6) is 0 Å². The Morgan fingerprint density at radius 1 is 1.13 bits per heavy atom. The van der Waals surface area contributed by atoms with Gasteiger partial charge in [-0.1, -0.05) is 18.2 Å². The van der Waals surface area contributed by atoms with Gasteiger partial charge in [0.15, 0.2) is 5.13 Å². The van der Waals surface area contributed by atoms with Gasteiger partial charge in [0.1, 0.15) is 0 Å². The Morgan fingerprint density at radius 2 is 1.94 bits per heavy atom. The molecule has 1 aliphatic rings. The van der Waals surface area contributed by atoms with Gasteiger partial charge in [0.2, 0.25) is 5.91 Å². The maximum atomic E-state index is 12.5. The van der Waals surface area contributed by atoms with Crippen LogP contribution in [-0.4, -0.2) is 47.4 Å². The van der Waals surface area contributed by atoms with Crippen molar-refractivity contribution < 1.29 is 9.59 Å². The fraction of sp³-hybridized carbons (Fsp3) is 0.348. The molecule has 2 aromatic heterocycles. The number of aryl methyl sites for hydroxylation is 2. The van der Waals surface area contributed by atoms with Crippen LogP contribution in [0, 0.1) is 13.8 Å². The first-order valence-electron chi connectivity index (χ1n) is 10.4. The number of likely N-dealkylation sites (tertiary alicyclic amines) is 1. The lowest BCUT2D eigenvalue weighted by Crippen LogP contribution is -2.46. The smallest absolute Gasteiger partial charge is 0.261 e. The first-order valence-corrected chi connectivity index (χ1v) is 12.1. The summed E-state index contributed by atoms with van der Waals surface area (Å²) in [7, 11) is 0. The molecule has 1 aliphatic heterocycles. The summed E-state index contributed by atoms with van der Waals surface area (Å²) in [5.41, 5.74) is 4.42. The zero-order valence-corrected chi connectivity index (χ0v) is 19.3. The predicted octanol–water partition coefficient (Wildman–Crippen LogP) is 4.32. The number of carbonyl (C=O) groups is 2. The number of benzene rings is 1. The highest BCUT2D eigenvalue weighted by molar-refractivity contribution is 7.14. The van der Waals surface area contributed by atoms with Gasteiger partial charge in [-0.15, -0.1) is 22.7 Å². The van der Waals surface area contributed by atoms with E-state index in [1.54, 1.807) is 0 Å². The first kappa shape index (κ1) is 21.7. The van der Waals surface area contributed by atoms with Crippen molar-refractivity contribution in [1.29, 1.82) is 0 Å². The number of amides is 2. The zero-order chi connectivity index (χ0) is 21.8. The predicted molar refractivity (Wildman–Crippen MR) is 127 cm³/mol. The van der Waals surface area contributed by atoms with Crippen molar-refractivity contribution in [3.63, 3.8) is 0 Å². The number of thiophene rings is 1. The van der Waals surface area contributed by atoms with Gasteiger partial charge < -0.3 is 10.6 Å². The van der Waals surface area contributed by atoms with E-state index in [1.165, 1.54) is 33.8 Å². The Labute approximate surface area is 190 Å². The average Bonchev–Trinajstić information content (AvgIpc) is 3.44. The molecule has 0 spiro atoms. The van der Waals surface area contributed by atoms with Crippen LogP contribution < -0.4 is 10.6 Å². The van der Waals surface area contributed by atoms with Crippen molar-refractivity contribution >= 4 is 39.6 Å². The number of thiazole rings is 1. The van der Waals surface area contributed by atoms with Crippen LogP contribution in [0.15, 0.2) is 41.1 Å². The highest BCUT2D eigenvalue weighted by Crippen LogP contribution is 2.26. The number of nitrogens with one attached hydrogen (secondary N) is 2. The fourth-order valence-electron chi connectivity index (χ4n) is 3.63. The Balaban J connectivity index is 1.24. The van der Waals surface area contributed by atoms with E-state index in [0.717, 1.165) is 42.1 Å². The molecule has 1 saturated heterocycles. The van der Waals surface area contributed by atoms with E-state index in [9.17, 15) is 9.59 Å². The van der Waals surface area contributed by atoms with E-state index >= 15 is 0 Å². The van der Waals surface area contributed by atoms with Gasteiger partial charge in [-0.2, -0.15) is 0 Å². The van der Waals surface area contributed by atoms with Crippen molar-refractivity contribution in [2.45, 2.75) is 32.7 Å². The van der Waals surface area contributed by atoms with Crippen LogP contribution in [0.1, 0.15) is 33.6 Å². The molecule has 1 fully saturated rings. The third-order valence-corrected chi connectivity index (χ3v) is 7.21. The number of hydrogen-bond donors (Lipinski definition) is 2. The summed E-state index contributed by atoms with van der Waals surface area (Å²) in [6.45, 7) is 6.09. The van der Waals surface area contributed by atoms with Crippen molar-refractivity contribution in [3.8, 4) is 11.3 Å². The summed E-state index contributed by atoms with van der Waals surface area (Å²) in [4.78, 5) is 32.1. The largest absolute Gasteiger partial charge is 0.349 e. The van der Waals surface area contributed by atoms with E-state index in [-0.39, 0.29) is 17.9 Å². The second-order valence-corrected chi connectivity index (χ2v) is 9.69. The molecule has 4 rings (SSSR count). The van der Waals surface area contributed by atoms with Crippen molar-refractivity contribution in [3.05, 3.63) is 57.1 Å². The molecule has 2 N–H and O–H groups in total. The molecule has 0 unspecified atom stereocenters. The normalized spacial score (nSPS) is 15.0. The number of aromatic nitrogens is 1. The molecule has 2 amide bonds. The van der Waals surface area contributed by atoms with Crippen LogP contribution in [0.25, 0.3) is 11.3 Å². The van der Waals surface area contributed by atoms with E-state index < -0.39 is 0 Å². The van der Waals surface area contributed by atoms with Gasteiger partial charge in [-0.05, 0) is 55.3 Å². The standard InChI is InChI=1S/C23H26N4O2S2/c1-15-5-6-17(12-16(15)2)19-14-31-23(25-19)26-21(28)13-27-9-7-18(8-10-27)24-22(29)20-4-3-11-30-20/h3-6,11-12,14,18H,7-10,13H2,1-2H3,(H,24,29)(H,25,26,28).